The van der Waals surface area contributed by atoms with Gasteiger partial charge in [-0.05, 0) is 49.3 Å². The molecule has 3 N–H and O–H groups in total. The third kappa shape index (κ3) is 4.85. The molecule has 3 aromatic rings. The molecule has 0 saturated carbocycles. The average Bonchev–Trinajstić information content (AvgIpc) is 2.68. The van der Waals surface area contributed by atoms with Gasteiger partial charge >= 0.3 is 6.36 Å². The van der Waals surface area contributed by atoms with Crippen LogP contribution in [0.15, 0.2) is 48.8 Å². The Morgan fingerprint density at radius 3 is 2.52 bits per heavy atom. The molecule has 0 radical (unpaired) electrons. The van der Waals surface area contributed by atoms with Gasteiger partial charge in [-0.15, -0.1) is 13.2 Å². The molecule has 1 fully saturated rings. The predicted octanol–water partition coefficient (Wildman–Crippen LogP) is 3.49. The molecule has 7 nitrogen and oxygen atoms in total. The monoisotopic (exact) mass is 431 g/mol. The van der Waals surface area contributed by atoms with E-state index in [2.05, 4.69) is 24.9 Å². The van der Waals surface area contributed by atoms with Gasteiger partial charge < -0.3 is 20.7 Å². The Morgan fingerprint density at radius 2 is 1.90 bits per heavy atom. The molecule has 1 amide bonds. The van der Waals surface area contributed by atoms with Crippen molar-refractivity contribution in [3.8, 4) is 5.75 Å². The van der Waals surface area contributed by atoms with E-state index >= 15 is 0 Å². The molecular weight excluding hydrogens is 411 g/mol. The van der Waals surface area contributed by atoms with Gasteiger partial charge in [0, 0.05) is 11.9 Å². The zero-order valence-electron chi connectivity index (χ0n) is 16.4. The van der Waals surface area contributed by atoms with Crippen LogP contribution in [0.1, 0.15) is 28.4 Å². The molecule has 0 spiro atoms. The summed E-state index contributed by atoms with van der Waals surface area (Å²) in [4.78, 5) is 22.5. The normalized spacial score (nSPS) is 15.3. The fourth-order valence-corrected chi connectivity index (χ4v) is 3.53. The van der Waals surface area contributed by atoms with Gasteiger partial charge in [0.25, 0.3) is 5.91 Å². The number of anilines is 1. The van der Waals surface area contributed by atoms with E-state index in [0.29, 0.717) is 23.3 Å². The second-order valence-electron chi connectivity index (χ2n) is 7.26. The first kappa shape index (κ1) is 20.9. The molecule has 10 heteroatoms. The molecule has 0 aliphatic carbocycles. The first-order chi connectivity index (χ1) is 14.8. The highest BCUT2D eigenvalue weighted by Gasteiger charge is 2.31. The van der Waals surface area contributed by atoms with Gasteiger partial charge in [-0.25, -0.2) is 9.97 Å². The largest absolute Gasteiger partial charge is 0.573 e. The van der Waals surface area contributed by atoms with E-state index in [9.17, 15) is 18.0 Å². The van der Waals surface area contributed by atoms with Gasteiger partial charge in [-0.2, -0.15) is 0 Å². The molecule has 4 rings (SSSR count). The number of fused-ring (bicyclic) bond motifs is 1. The number of rotatable bonds is 7. The minimum atomic E-state index is -4.74. The van der Waals surface area contributed by atoms with Crippen LogP contribution < -0.4 is 15.8 Å². The second-order valence-corrected chi connectivity index (χ2v) is 7.26. The molecule has 1 atom stereocenters. The van der Waals surface area contributed by atoms with Crippen LogP contribution in [0.5, 0.6) is 5.75 Å². The van der Waals surface area contributed by atoms with Crippen LogP contribution in [0.2, 0.25) is 0 Å². The number of alkyl halides is 3. The van der Waals surface area contributed by atoms with Crippen LogP contribution in [0.25, 0.3) is 10.9 Å². The molecule has 0 bridgehead atoms. The Bertz CT molecular complexity index is 1080. The summed E-state index contributed by atoms with van der Waals surface area (Å²) in [5.74, 6) is -0.362. The number of likely N-dealkylation sites (tertiary alicyclic amines) is 1. The highest BCUT2D eigenvalue weighted by Crippen LogP contribution is 2.29. The molecule has 31 heavy (non-hydrogen) atoms. The van der Waals surface area contributed by atoms with Gasteiger partial charge in [-0.3, -0.25) is 4.79 Å². The Hall–Kier alpha value is -3.40. The minimum Gasteiger partial charge on any atom is -0.406 e. The van der Waals surface area contributed by atoms with E-state index < -0.39 is 12.3 Å². The van der Waals surface area contributed by atoms with Crippen LogP contribution in [-0.2, 0) is 0 Å². The minimum absolute atomic E-state index is 0.254. The Morgan fingerprint density at radius 1 is 1.16 bits per heavy atom. The first-order valence-corrected chi connectivity index (χ1v) is 9.68. The van der Waals surface area contributed by atoms with Crippen molar-refractivity contribution in [2.24, 2.45) is 5.73 Å². The van der Waals surface area contributed by atoms with Crippen molar-refractivity contribution in [2.75, 3.05) is 25.0 Å². The Labute approximate surface area is 176 Å². The fourth-order valence-electron chi connectivity index (χ4n) is 3.53. The van der Waals surface area contributed by atoms with E-state index in [1.54, 1.807) is 30.3 Å². The maximum atomic E-state index is 12.5. The maximum absolute atomic E-state index is 12.5. The Balaban J connectivity index is 1.65. The number of hydrogen-bond donors (Lipinski definition) is 2. The summed E-state index contributed by atoms with van der Waals surface area (Å²) >= 11 is 0. The zero-order valence-corrected chi connectivity index (χ0v) is 16.4. The number of hydrogen-bond acceptors (Lipinski definition) is 6. The quantitative estimate of drug-likeness (QED) is 0.595. The standard InChI is InChI=1S/C21H20F3N5O2/c22-21(23,24)31-14-7-5-13(6-8-14)17(11-29-9-2-10-29)28-20-16-4-1-3-15(19(25)30)18(16)26-12-27-20/h1,3-8,12,17H,2,9-11H2,(H2,25,30)(H,26,27,28)/t17-/m1/s1. The van der Waals surface area contributed by atoms with Crippen molar-refractivity contribution >= 4 is 22.6 Å². The van der Waals surface area contributed by atoms with Crippen LogP contribution in [-0.4, -0.2) is 46.8 Å². The number of nitrogens with two attached hydrogens (primary N) is 1. The van der Waals surface area contributed by atoms with Crippen molar-refractivity contribution in [3.05, 3.63) is 59.9 Å². The second kappa shape index (κ2) is 8.38. The molecule has 2 heterocycles. The molecular formula is C21H20F3N5O2. The number of nitrogens with zero attached hydrogens (tertiary/aromatic N) is 3. The lowest BCUT2D eigenvalue weighted by molar-refractivity contribution is -0.274. The van der Waals surface area contributed by atoms with E-state index in [-0.39, 0.29) is 17.4 Å². The lowest BCUT2D eigenvalue weighted by Crippen LogP contribution is -2.41. The van der Waals surface area contributed by atoms with Crippen molar-refractivity contribution in [1.29, 1.82) is 0 Å². The van der Waals surface area contributed by atoms with E-state index in [0.717, 1.165) is 25.1 Å². The maximum Gasteiger partial charge on any atom is 0.573 e. The first-order valence-electron chi connectivity index (χ1n) is 9.68. The van der Waals surface area contributed by atoms with E-state index in [1.165, 1.54) is 18.5 Å². The summed E-state index contributed by atoms with van der Waals surface area (Å²) in [5, 5.41) is 3.99. The van der Waals surface area contributed by atoms with Gasteiger partial charge in [0.1, 0.15) is 17.9 Å². The van der Waals surface area contributed by atoms with Crippen molar-refractivity contribution in [2.45, 2.75) is 18.8 Å². The molecule has 2 aromatic carbocycles. The van der Waals surface area contributed by atoms with Gasteiger partial charge in [0.05, 0.1) is 17.1 Å². The summed E-state index contributed by atoms with van der Waals surface area (Å²) < 4.78 is 41.4. The van der Waals surface area contributed by atoms with Crippen molar-refractivity contribution in [3.63, 3.8) is 0 Å². The molecule has 1 aliphatic heterocycles. The third-order valence-corrected chi connectivity index (χ3v) is 5.15. The average molecular weight is 431 g/mol. The highest BCUT2D eigenvalue weighted by molar-refractivity contribution is 6.06. The smallest absolute Gasteiger partial charge is 0.406 e. The molecule has 1 aromatic heterocycles. The Kier molecular flexibility index (Phi) is 5.64. The van der Waals surface area contributed by atoms with Gasteiger partial charge in [-0.1, -0.05) is 18.2 Å². The van der Waals surface area contributed by atoms with Crippen LogP contribution in [0, 0.1) is 0 Å². The summed E-state index contributed by atoms with van der Waals surface area (Å²) in [5.41, 5.74) is 6.95. The van der Waals surface area contributed by atoms with Crippen LogP contribution in [0.3, 0.4) is 0 Å². The lowest BCUT2D eigenvalue weighted by Gasteiger charge is -2.35. The fraction of sp³-hybridized carbons (Fsp3) is 0.286. The van der Waals surface area contributed by atoms with Gasteiger partial charge in [0.2, 0.25) is 0 Å². The van der Waals surface area contributed by atoms with Crippen molar-refractivity contribution in [1.82, 2.24) is 14.9 Å². The zero-order chi connectivity index (χ0) is 22.0. The predicted molar refractivity (Wildman–Crippen MR) is 109 cm³/mol. The number of nitrogens with one attached hydrogen (secondary N) is 1. The number of halogens is 3. The summed E-state index contributed by atoms with van der Waals surface area (Å²) in [6, 6.07) is 10.6. The number of primary amides is 1. The summed E-state index contributed by atoms with van der Waals surface area (Å²) in [6.07, 6.45) is -2.30. The summed E-state index contributed by atoms with van der Waals surface area (Å²) in [6.45, 7) is 2.54. The molecule has 1 aliphatic rings. The SMILES string of the molecule is NC(=O)c1cccc2c(N[C@H](CN3CCC3)c3ccc(OC(F)(F)F)cc3)ncnc12. The number of carbonyl (C=O) groups is 1. The molecule has 1 saturated heterocycles. The number of carbonyl (C=O) groups excluding carboxylic acids is 1. The van der Waals surface area contributed by atoms with Crippen LogP contribution >= 0.6 is 0 Å². The van der Waals surface area contributed by atoms with Crippen molar-refractivity contribution < 1.29 is 22.7 Å². The lowest BCUT2D eigenvalue weighted by atomic mass is 10.0. The third-order valence-electron chi connectivity index (χ3n) is 5.15. The number of benzene rings is 2. The van der Waals surface area contributed by atoms with Crippen LogP contribution in [0.4, 0.5) is 19.0 Å². The summed E-state index contributed by atoms with van der Waals surface area (Å²) in [7, 11) is 0. The number of ether oxygens (including phenoxy) is 1. The van der Waals surface area contributed by atoms with Gasteiger partial charge in [0.15, 0.2) is 0 Å². The highest BCUT2D eigenvalue weighted by atomic mass is 19.4. The molecule has 162 valence electrons. The number of para-hydroxylation sites is 1. The number of aromatic nitrogens is 2. The number of amides is 1. The van der Waals surface area contributed by atoms with E-state index in [4.69, 9.17) is 5.73 Å². The van der Waals surface area contributed by atoms with E-state index in [1.807, 2.05) is 0 Å². The molecule has 0 unspecified atom stereocenters. The topological polar surface area (TPSA) is 93.4 Å².